The van der Waals surface area contributed by atoms with Gasteiger partial charge in [-0.2, -0.15) is 0 Å². The van der Waals surface area contributed by atoms with Gasteiger partial charge in [0.1, 0.15) is 0 Å². The van der Waals surface area contributed by atoms with E-state index >= 15 is 0 Å². The second-order valence-electron chi connectivity index (χ2n) is 7.62. The molecule has 0 aliphatic carbocycles. The number of amides is 1. The Labute approximate surface area is 148 Å². The minimum absolute atomic E-state index is 0.0367. The molecular formula is C17H24BClN2O3. The maximum absolute atomic E-state index is 12.5. The predicted molar refractivity (Wildman–Crippen MR) is 95.7 cm³/mol. The molecule has 0 saturated carbocycles. The Morgan fingerprint density at radius 2 is 1.92 bits per heavy atom. The molecule has 130 valence electrons. The quantitative estimate of drug-likeness (QED) is 0.826. The van der Waals surface area contributed by atoms with E-state index in [4.69, 9.17) is 26.6 Å². The van der Waals surface area contributed by atoms with E-state index in [1.54, 1.807) is 17.0 Å². The number of hydrogen-bond acceptors (Lipinski definition) is 4. The molecule has 3 rings (SSSR count). The van der Waals surface area contributed by atoms with Crippen LogP contribution in [-0.2, 0) is 9.31 Å². The van der Waals surface area contributed by atoms with Gasteiger partial charge in [-0.1, -0.05) is 17.7 Å². The number of benzene rings is 1. The highest BCUT2D eigenvalue weighted by molar-refractivity contribution is 6.65. The lowest BCUT2D eigenvalue weighted by atomic mass is 9.78. The van der Waals surface area contributed by atoms with E-state index in [0.717, 1.165) is 11.9 Å². The summed E-state index contributed by atoms with van der Waals surface area (Å²) in [5, 5.41) is 0.475. The van der Waals surface area contributed by atoms with E-state index < -0.39 is 18.3 Å². The minimum atomic E-state index is -0.535. The average Bonchev–Trinajstić information content (AvgIpc) is 2.99. The van der Waals surface area contributed by atoms with Crippen molar-refractivity contribution in [3.8, 4) is 0 Å². The molecule has 1 aromatic carbocycles. The van der Waals surface area contributed by atoms with Gasteiger partial charge in [-0.3, -0.25) is 4.79 Å². The monoisotopic (exact) mass is 350 g/mol. The summed E-state index contributed by atoms with van der Waals surface area (Å²) >= 11 is 6.42. The number of carbonyl (C=O) groups excluding carboxylic acids is 1. The van der Waals surface area contributed by atoms with Gasteiger partial charge in [0, 0.05) is 35.2 Å². The Balaban J connectivity index is 1.80. The van der Waals surface area contributed by atoms with Gasteiger partial charge < -0.3 is 19.9 Å². The van der Waals surface area contributed by atoms with Crippen LogP contribution in [0.2, 0.25) is 5.02 Å². The molecule has 2 aliphatic heterocycles. The first-order valence-electron chi connectivity index (χ1n) is 8.31. The van der Waals surface area contributed by atoms with Crippen LogP contribution in [0.4, 0.5) is 0 Å². The summed E-state index contributed by atoms with van der Waals surface area (Å²) in [4.78, 5) is 14.3. The van der Waals surface area contributed by atoms with Crippen molar-refractivity contribution in [1.82, 2.24) is 4.90 Å². The molecule has 5 nitrogen and oxygen atoms in total. The van der Waals surface area contributed by atoms with Crippen LogP contribution in [0, 0.1) is 0 Å². The first kappa shape index (κ1) is 17.7. The van der Waals surface area contributed by atoms with E-state index in [-0.39, 0.29) is 11.9 Å². The molecule has 2 saturated heterocycles. The minimum Gasteiger partial charge on any atom is -0.399 e. The van der Waals surface area contributed by atoms with Gasteiger partial charge in [0.05, 0.1) is 11.2 Å². The summed E-state index contributed by atoms with van der Waals surface area (Å²) in [5.41, 5.74) is 6.32. The van der Waals surface area contributed by atoms with Crippen LogP contribution in [0.3, 0.4) is 0 Å². The van der Waals surface area contributed by atoms with Gasteiger partial charge in [-0.25, -0.2) is 0 Å². The molecule has 1 amide bonds. The van der Waals surface area contributed by atoms with Gasteiger partial charge in [0.25, 0.3) is 5.91 Å². The van der Waals surface area contributed by atoms with E-state index in [9.17, 15) is 4.79 Å². The van der Waals surface area contributed by atoms with Crippen molar-refractivity contribution >= 4 is 30.1 Å². The standard InChI is InChI=1S/C17H24BClN2O3/c1-16(2)17(3,4)24-18(23-16)13-6-5-11(9-14(13)19)15(22)21-8-7-12(20)10-21/h5-6,9,12H,7-8,10,20H2,1-4H3/t12-/m1/s1. The number of carbonyl (C=O) groups is 1. The Morgan fingerprint density at radius 1 is 1.29 bits per heavy atom. The van der Waals surface area contributed by atoms with Gasteiger partial charge in [0.15, 0.2) is 0 Å². The lowest BCUT2D eigenvalue weighted by Crippen LogP contribution is -2.41. The molecule has 0 unspecified atom stereocenters. The van der Waals surface area contributed by atoms with Crippen molar-refractivity contribution in [2.45, 2.75) is 51.4 Å². The number of hydrogen-bond donors (Lipinski definition) is 1. The maximum atomic E-state index is 12.5. The number of nitrogens with zero attached hydrogens (tertiary/aromatic N) is 1. The summed E-state index contributed by atoms with van der Waals surface area (Å²) in [6.45, 7) is 9.27. The Kier molecular flexibility index (Phi) is 4.45. The van der Waals surface area contributed by atoms with Crippen LogP contribution in [0.1, 0.15) is 44.5 Å². The second-order valence-corrected chi connectivity index (χ2v) is 8.03. The van der Waals surface area contributed by atoms with Gasteiger partial charge in [0.2, 0.25) is 0 Å². The molecule has 2 aliphatic rings. The number of likely N-dealkylation sites (tertiary alicyclic amines) is 1. The normalized spacial score (nSPS) is 25.3. The molecule has 0 radical (unpaired) electrons. The number of halogens is 1. The lowest BCUT2D eigenvalue weighted by molar-refractivity contribution is 0.00578. The van der Waals surface area contributed by atoms with Crippen molar-refractivity contribution in [2.75, 3.05) is 13.1 Å². The topological polar surface area (TPSA) is 64.8 Å². The lowest BCUT2D eigenvalue weighted by Gasteiger charge is -2.32. The molecule has 2 N–H and O–H groups in total. The van der Waals surface area contributed by atoms with Crippen LogP contribution in [0.5, 0.6) is 0 Å². The average molecular weight is 351 g/mol. The highest BCUT2D eigenvalue weighted by Gasteiger charge is 2.52. The van der Waals surface area contributed by atoms with Crippen molar-refractivity contribution < 1.29 is 14.1 Å². The van der Waals surface area contributed by atoms with Crippen molar-refractivity contribution in [3.63, 3.8) is 0 Å². The van der Waals surface area contributed by atoms with E-state index in [1.165, 1.54) is 0 Å². The molecule has 7 heteroatoms. The molecule has 24 heavy (non-hydrogen) atoms. The summed E-state index contributed by atoms with van der Waals surface area (Å²) in [7, 11) is -0.535. The number of nitrogens with two attached hydrogens (primary N) is 1. The van der Waals surface area contributed by atoms with Gasteiger partial charge in [-0.05, 0) is 46.2 Å². The summed E-state index contributed by atoms with van der Waals surface area (Å²) < 4.78 is 12.1. The number of rotatable bonds is 2. The molecular weight excluding hydrogens is 326 g/mol. The SMILES string of the molecule is CC1(C)OB(c2ccc(C(=O)N3CC[C@@H](N)C3)cc2Cl)OC1(C)C. The fourth-order valence-corrected chi connectivity index (χ4v) is 3.25. The molecule has 0 spiro atoms. The smallest absolute Gasteiger partial charge is 0.399 e. The zero-order valence-corrected chi connectivity index (χ0v) is 15.4. The Hall–Kier alpha value is -1.08. The molecule has 2 heterocycles. The van der Waals surface area contributed by atoms with E-state index in [0.29, 0.717) is 23.7 Å². The molecule has 1 aromatic rings. The first-order chi connectivity index (χ1) is 11.1. The van der Waals surface area contributed by atoms with Crippen molar-refractivity contribution in [3.05, 3.63) is 28.8 Å². The third-order valence-corrected chi connectivity index (χ3v) is 5.59. The molecule has 1 atom stereocenters. The first-order valence-corrected chi connectivity index (χ1v) is 8.68. The van der Waals surface area contributed by atoms with E-state index in [1.807, 2.05) is 33.8 Å². The van der Waals surface area contributed by atoms with Gasteiger partial charge >= 0.3 is 7.12 Å². The molecule has 2 fully saturated rings. The van der Waals surface area contributed by atoms with Crippen LogP contribution in [-0.4, -0.2) is 48.3 Å². The third-order valence-electron chi connectivity index (χ3n) is 5.27. The maximum Gasteiger partial charge on any atom is 0.496 e. The summed E-state index contributed by atoms with van der Waals surface area (Å²) in [6.07, 6.45) is 0.839. The van der Waals surface area contributed by atoms with Gasteiger partial charge in [-0.15, -0.1) is 0 Å². The molecule has 0 aromatic heterocycles. The van der Waals surface area contributed by atoms with Crippen LogP contribution >= 0.6 is 11.6 Å². The third kappa shape index (κ3) is 3.08. The summed E-state index contributed by atoms with van der Waals surface area (Å²) in [6, 6.07) is 5.34. The van der Waals surface area contributed by atoms with Crippen LogP contribution in [0.15, 0.2) is 18.2 Å². The highest BCUT2D eigenvalue weighted by atomic mass is 35.5. The zero-order chi connectivity index (χ0) is 17.7. The van der Waals surface area contributed by atoms with E-state index in [2.05, 4.69) is 0 Å². The fourth-order valence-electron chi connectivity index (χ4n) is 2.98. The Morgan fingerprint density at radius 3 is 2.42 bits per heavy atom. The van der Waals surface area contributed by atoms with Crippen molar-refractivity contribution in [1.29, 1.82) is 0 Å². The largest absolute Gasteiger partial charge is 0.496 e. The highest BCUT2D eigenvalue weighted by Crippen LogP contribution is 2.37. The predicted octanol–water partition coefficient (Wildman–Crippen LogP) is 1.81. The summed E-state index contributed by atoms with van der Waals surface area (Å²) in [5.74, 6) is -0.0367. The Bertz CT molecular complexity index is 649. The van der Waals surface area contributed by atoms with Crippen LogP contribution < -0.4 is 11.2 Å². The van der Waals surface area contributed by atoms with Crippen LogP contribution in [0.25, 0.3) is 0 Å². The zero-order valence-electron chi connectivity index (χ0n) is 14.6. The fraction of sp³-hybridized carbons (Fsp3) is 0.588. The molecule has 0 bridgehead atoms. The second kappa shape index (κ2) is 6.02. The van der Waals surface area contributed by atoms with Crippen molar-refractivity contribution in [2.24, 2.45) is 5.73 Å².